The van der Waals surface area contributed by atoms with E-state index >= 15 is 0 Å². The monoisotopic (exact) mass is 837 g/mol. The Morgan fingerprint density at radius 2 is 1.90 bits per heavy atom. The summed E-state index contributed by atoms with van der Waals surface area (Å²) in [5.41, 5.74) is 12.6. The van der Waals surface area contributed by atoms with E-state index < -0.39 is 18.3 Å². The number of rotatable bonds is 18. The number of hydrogen-bond acceptors (Lipinski definition) is 9. The molecule has 2 aliphatic heterocycles. The highest BCUT2D eigenvalue weighted by Gasteiger charge is 2.49. The molecule has 2 heterocycles. The van der Waals surface area contributed by atoms with E-state index in [1.807, 2.05) is 30.3 Å². The summed E-state index contributed by atoms with van der Waals surface area (Å²) < 4.78 is 11.1. The summed E-state index contributed by atoms with van der Waals surface area (Å²) in [5, 5.41) is 56.7. The number of nitrogens with zero attached hydrogens (tertiary/aromatic N) is 1. The van der Waals surface area contributed by atoms with Crippen molar-refractivity contribution >= 4 is 11.8 Å². The van der Waals surface area contributed by atoms with Crippen LogP contribution in [0.25, 0.3) is 6.08 Å². The van der Waals surface area contributed by atoms with Crippen molar-refractivity contribution in [3.05, 3.63) is 101 Å². The van der Waals surface area contributed by atoms with Crippen molar-refractivity contribution in [2.24, 2.45) is 46.2 Å². The summed E-state index contributed by atoms with van der Waals surface area (Å²) >= 11 is 0. The first kappa shape index (κ1) is 44.0. The molecule has 0 aromatic heterocycles. The number of aryl methyl sites for hydroxylation is 1. The number of aliphatic imine (C=N–C) groups is 1. The van der Waals surface area contributed by atoms with E-state index in [9.17, 15) is 25.5 Å². The fraction of sp³-hybridized carbons (Fsp3) is 0.588. The topological polar surface area (TPSA) is 174 Å². The average molecular weight is 837 g/mol. The van der Waals surface area contributed by atoms with Gasteiger partial charge in [-0.15, -0.1) is 16.6 Å². The summed E-state index contributed by atoms with van der Waals surface area (Å²) in [7, 11) is 0. The lowest BCUT2D eigenvalue weighted by molar-refractivity contribution is -0.0553. The lowest BCUT2D eigenvalue weighted by Gasteiger charge is -2.40. The van der Waals surface area contributed by atoms with Gasteiger partial charge in [-0.25, -0.2) is 0 Å². The maximum atomic E-state index is 11.3. The third kappa shape index (κ3) is 10.4. The molecule has 2 aromatic rings. The van der Waals surface area contributed by atoms with E-state index in [1.54, 1.807) is 13.0 Å². The van der Waals surface area contributed by atoms with E-state index in [2.05, 4.69) is 35.7 Å². The van der Waals surface area contributed by atoms with Gasteiger partial charge in [-0.3, -0.25) is 0 Å². The highest BCUT2D eigenvalue weighted by molar-refractivity contribution is 6.03. The number of nitrogens with one attached hydrogen (secondary N) is 1. The number of phenols is 1. The van der Waals surface area contributed by atoms with Crippen molar-refractivity contribution in [1.82, 2.24) is 5.32 Å². The van der Waals surface area contributed by atoms with Crippen LogP contribution in [0.5, 0.6) is 11.5 Å². The molecule has 1 unspecified atom stereocenters. The summed E-state index contributed by atoms with van der Waals surface area (Å²) in [5.74, 6) is 4.16. The molecule has 10 nitrogen and oxygen atoms in total. The fourth-order valence-corrected chi connectivity index (χ4v) is 11.6. The number of phenolic OH excluding ortho intramolecular Hbond substituents is 1. The van der Waals surface area contributed by atoms with E-state index in [1.165, 1.54) is 25.2 Å². The smallest absolute Gasteiger partial charge is 0.208 e. The standard InChI is InChI=1S/C51H69N3O7/c1-31(56)27-53-28-43-38-11-6-9-34(38)17-21-45-42(43)26-46(54-45)48(58)30-60-50-24-33(15-22-47(50)57)13-18-37-25-36(29-55)49(61-37)12-5-2-7-32-14-19-40(44(52)23-32)41-20-16-35-8-3-4-10-39(35)51(41)59/h3-4,8,10,15-16,20,22,24-26,31-32,34,38,40-41,43-44,48-49,51,53,55-56,58-59,61H,2,5-7,9,11-14,17-19,21,23,27-30,52H2,1H3/p+1/t31-,32+,34+,38-,40-,41-,43-,44+,48-,49?,51+/m0/s1. The highest BCUT2D eigenvalue weighted by Crippen LogP contribution is 2.49. The van der Waals surface area contributed by atoms with Crippen LogP contribution < -0.4 is 15.8 Å². The van der Waals surface area contributed by atoms with Crippen molar-refractivity contribution in [3.63, 3.8) is 0 Å². The molecule has 0 radical (unpaired) electrons. The lowest BCUT2D eigenvalue weighted by Crippen LogP contribution is -2.42. The van der Waals surface area contributed by atoms with Crippen LogP contribution in [-0.4, -0.2) is 86.6 Å². The van der Waals surface area contributed by atoms with Gasteiger partial charge in [0.25, 0.3) is 0 Å². The highest BCUT2D eigenvalue weighted by atomic mass is 16.5. The Labute approximate surface area is 363 Å². The predicted octanol–water partition coefficient (Wildman–Crippen LogP) is 6.82. The zero-order valence-electron chi connectivity index (χ0n) is 36.0. The summed E-state index contributed by atoms with van der Waals surface area (Å²) in [6.07, 6.45) is 22.2. The number of allylic oxidation sites excluding steroid dienone is 1. The first-order valence-electron chi connectivity index (χ1n) is 23.4. The van der Waals surface area contributed by atoms with Crippen LogP contribution in [0, 0.1) is 47.5 Å². The maximum absolute atomic E-state index is 11.3. The minimum absolute atomic E-state index is 0.00482. The van der Waals surface area contributed by atoms with Gasteiger partial charge in [-0.1, -0.05) is 74.6 Å². The van der Waals surface area contributed by atoms with Gasteiger partial charge in [0.1, 0.15) is 30.4 Å². The Hall–Kier alpha value is -3.61. The number of nitrogens with two attached hydrogens (primary N) is 1. The minimum Gasteiger partial charge on any atom is -0.504 e. The molecule has 0 bridgehead atoms. The largest absolute Gasteiger partial charge is 0.504 e. The summed E-state index contributed by atoms with van der Waals surface area (Å²) in [6.45, 7) is 3.14. The fourth-order valence-electron chi connectivity index (χ4n) is 11.6. The molecular formula is C51H70N3O7+. The van der Waals surface area contributed by atoms with E-state index in [0.29, 0.717) is 60.4 Å². The average Bonchev–Trinajstić information content (AvgIpc) is 4.00. The van der Waals surface area contributed by atoms with Crippen molar-refractivity contribution in [3.8, 4) is 11.5 Å². The maximum Gasteiger partial charge on any atom is 0.208 e. The van der Waals surface area contributed by atoms with Gasteiger partial charge in [-0.05, 0) is 104 Å². The lowest BCUT2D eigenvalue weighted by atomic mass is 9.68. The molecule has 6 aliphatic rings. The number of aliphatic hydroxyl groups is 6. The van der Waals surface area contributed by atoms with E-state index in [4.69, 9.17) is 20.2 Å². The van der Waals surface area contributed by atoms with Gasteiger partial charge < -0.3 is 46.1 Å². The Kier molecular flexibility index (Phi) is 14.6. The molecule has 11 atom stereocenters. The van der Waals surface area contributed by atoms with Crippen LogP contribution in [0.15, 0.2) is 77.0 Å². The number of aliphatic hydroxyl groups excluding tert-OH is 4. The number of hydrogen-bond donors (Lipinski definition) is 7. The second-order valence-corrected chi connectivity index (χ2v) is 19.0. The van der Waals surface area contributed by atoms with Gasteiger partial charge in [0, 0.05) is 44.5 Å². The number of benzene rings is 2. The van der Waals surface area contributed by atoms with Crippen LogP contribution in [-0.2, 0) is 6.42 Å². The van der Waals surface area contributed by atoms with Gasteiger partial charge in [-0.2, -0.15) is 0 Å². The second-order valence-electron chi connectivity index (χ2n) is 19.0. The molecule has 8 rings (SSSR count). The van der Waals surface area contributed by atoms with Crippen molar-refractivity contribution in [2.45, 2.75) is 127 Å². The molecular weight excluding hydrogens is 767 g/mol. The van der Waals surface area contributed by atoms with Gasteiger partial charge in [0.15, 0.2) is 17.6 Å². The summed E-state index contributed by atoms with van der Waals surface area (Å²) in [6, 6.07) is 13.6. The number of ether oxygens (including phenoxy) is 2. The van der Waals surface area contributed by atoms with Crippen LogP contribution in [0.3, 0.4) is 0 Å². The van der Waals surface area contributed by atoms with Crippen molar-refractivity contribution < 1.29 is 35.0 Å². The Bertz CT molecular complexity index is 1910. The molecule has 2 aromatic carbocycles. The Balaban J connectivity index is 0.768. The minimum atomic E-state index is -0.932. The first-order chi connectivity index (χ1) is 29.6. The third-order valence-electron chi connectivity index (χ3n) is 14.9. The zero-order chi connectivity index (χ0) is 42.5. The molecule has 0 amide bonds. The molecule has 330 valence electrons. The molecule has 3 fully saturated rings. The molecule has 9 N–H and O–H groups in total. The summed E-state index contributed by atoms with van der Waals surface area (Å²) in [4.78, 5) is 4.93. The normalized spacial score (nSPS) is 30.5. The quantitative estimate of drug-likeness (QED) is 0.0487. The zero-order valence-corrected chi connectivity index (χ0v) is 36.0. The first-order valence-corrected chi connectivity index (χ1v) is 23.4. The van der Waals surface area contributed by atoms with Gasteiger partial charge in [0.2, 0.25) is 5.70 Å². The number of aromatic hydroxyl groups is 1. The molecule has 10 heteroatoms. The molecule has 3 saturated carbocycles. The molecule has 0 spiro atoms. The van der Waals surface area contributed by atoms with E-state index in [0.717, 1.165) is 98.4 Å². The predicted molar refractivity (Wildman–Crippen MR) is 240 cm³/mol. The number of fused-ring (bicyclic) bond motifs is 3. The third-order valence-corrected chi connectivity index (χ3v) is 14.9. The van der Waals surface area contributed by atoms with Crippen molar-refractivity contribution in [1.29, 1.82) is 0 Å². The molecule has 4 aliphatic carbocycles. The van der Waals surface area contributed by atoms with Crippen LogP contribution >= 0.6 is 0 Å². The number of unbranched alkanes of at least 4 members (excludes halogenated alkanes) is 1. The molecule has 61 heavy (non-hydrogen) atoms. The second kappa shape index (κ2) is 20.3. The van der Waals surface area contributed by atoms with Crippen LogP contribution in [0.4, 0.5) is 0 Å². The molecule has 0 saturated heterocycles. The van der Waals surface area contributed by atoms with E-state index in [-0.39, 0.29) is 37.0 Å². The van der Waals surface area contributed by atoms with Gasteiger partial charge in [0.05, 0.1) is 24.2 Å². The Morgan fingerprint density at radius 3 is 2.74 bits per heavy atom. The Morgan fingerprint density at radius 1 is 1.05 bits per heavy atom. The SMILES string of the molecule is C[C@H](O)CNC[C@@H]1[C+]2C=C([C@@H](O)COc3cc(CC[C-]4C=C(CO)C(CCCC[C@@H]5CC[C@@H]([C@@H]6C=Cc7ccccc7[C@H]6O)[C@H](N)C5)[OH+]4)ccc3O)N=C2CC[C@H]2CCC[C@@H]21. The van der Waals surface area contributed by atoms with Crippen LogP contribution in [0.2, 0.25) is 0 Å². The van der Waals surface area contributed by atoms with Gasteiger partial charge >= 0.3 is 0 Å². The van der Waals surface area contributed by atoms with Crippen molar-refractivity contribution in [2.75, 3.05) is 26.3 Å². The van der Waals surface area contributed by atoms with Crippen LogP contribution in [0.1, 0.15) is 113 Å².